The fourth-order valence-electron chi connectivity index (χ4n) is 2.97. The first-order valence-electron chi connectivity index (χ1n) is 9.36. The molecule has 0 radical (unpaired) electrons. The SMILES string of the molecule is O=C(CSC1=Nc2ccccc2N=C(c2ccc(F)cc2)C1)Nc1ccc(F)cc1F. The van der Waals surface area contributed by atoms with E-state index in [9.17, 15) is 18.0 Å². The highest BCUT2D eigenvalue weighted by Gasteiger charge is 2.17. The van der Waals surface area contributed by atoms with Gasteiger partial charge in [-0.15, -0.1) is 11.8 Å². The molecule has 0 fully saturated rings. The molecule has 0 atom stereocenters. The highest BCUT2D eigenvalue weighted by Crippen LogP contribution is 2.33. The van der Waals surface area contributed by atoms with Crippen molar-refractivity contribution in [2.45, 2.75) is 6.42 Å². The van der Waals surface area contributed by atoms with Gasteiger partial charge in [0.05, 0.1) is 33.6 Å². The summed E-state index contributed by atoms with van der Waals surface area (Å²) >= 11 is 1.20. The Hall–Kier alpha value is -3.39. The molecule has 0 bridgehead atoms. The second-order valence-electron chi connectivity index (χ2n) is 6.70. The first kappa shape index (κ1) is 20.9. The van der Waals surface area contributed by atoms with E-state index in [-0.39, 0.29) is 17.3 Å². The molecule has 1 N–H and O–H groups in total. The minimum Gasteiger partial charge on any atom is -0.323 e. The molecular formula is C23H16F3N3OS. The number of fused-ring (bicyclic) bond motifs is 1. The maximum absolute atomic E-state index is 13.8. The molecule has 0 unspecified atom stereocenters. The van der Waals surface area contributed by atoms with Gasteiger partial charge in [-0.25, -0.2) is 18.2 Å². The first-order valence-corrected chi connectivity index (χ1v) is 10.3. The number of anilines is 1. The first-order chi connectivity index (χ1) is 15.0. The summed E-state index contributed by atoms with van der Waals surface area (Å²) in [7, 11) is 0. The molecule has 1 aliphatic rings. The lowest BCUT2D eigenvalue weighted by Gasteiger charge is -2.09. The number of nitrogens with one attached hydrogen (secondary N) is 1. The topological polar surface area (TPSA) is 53.8 Å². The van der Waals surface area contributed by atoms with Crippen LogP contribution in [-0.2, 0) is 4.79 Å². The second kappa shape index (κ2) is 9.18. The Morgan fingerprint density at radius 3 is 2.29 bits per heavy atom. The highest BCUT2D eigenvalue weighted by atomic mass is 32.2. The summed E-state index contributed by atoms with van der Waals surface area (Å²) in [6.07, 6.45) is 0.350. The molecule has 3 aromatic carbocycles. The predicted octanol–water partition coefficient (Wildman–Crippen LogP) is 6.03. The molecular weight excluding hydrogens is 423 g/mol. The maximum atomic E-state index is 13.8. The van der Waals surface area contributed by atoms with E-state index in [4.69, 9.17) is 0 Å². The van der Waals surface area contributed by atoms with Crippen molar-refractivity contribution in [2.75, 3.05) is 11.1 Å². The third-order valence-corrected chi connectivity index (χ3v) is 5.43. The van der Waals surface area contributed by atoms with Crippen LogP contribution in [0.2, 0.25) is 0 Å². The number of amides is 1. The Morgan fingerprint density at radius 1 is 0.903 bits per heavy atom. The Kier molecular flexibility index (Phi) is 6.18. The molecule has 0 aliphatic carbocycles. The molecule has 8 heteroatoms. The third-order valence-electron chi connectivity index (χ3n) is 4.45. The zero-order valence-electron chi connectivity index (χ0n) is 16.1. The van der Waals surface area contributed by atoms with E-state index in [0.29, 0.717) is 34.6 Å². The van der Waals surface area contributed by atoms with Crippen molar-refractivity contribution in [2.24, 2.45) is 9.98 Å². The van der Waals surface area contributed by atoms with Crippen LogP contribution in [0, 0.1) is 17.5 Å². The molecule has 0 spiro atoms. The van der Waals surface area contributed by atoms with Crippen LogP contribution in [0.1, 0.15) is 12.0 Å². The van der Waals surface area contributed by atoms with Crippen LogP contribution in [-0.4, -0.2) is 22.4 Å². The Morgan fingerprint density at radius 2 is 1.58 bits per heavy atom. The van der Waals surface area contributed by atoms with Crippen LogP contribution in [0.25, 0.3) is 0 Å². The van der Waals surface area contributed by atoms with E-state index in [1.54, 1.807) is 12.1 Å². The standard InChI is InChI=1S/C23H16F3N3OS/c24-15-7-5-14(6-8-15)21-12-23(29-20-4-2-1-3-19(20)27-21)31-13-22(30)28-18-10-9-16(25)11-17(18)26/h1-11H,12-13H2,(H,28,30). The quantitative estimate of drug-likeness (QED) is 0.540. The Bertz CT molecular complexity index is 1190. The van der Waals surface area contributed by atoms with Gasteiger partial charge in [0, 0.05) is 12.5 Å². The average Bonchev–Trinajstić information content (AvgIpc) is 2.94. The number of rotatable bonds is 4. The predicted molar refractivity (Wildman–Crippen MR) is 118 cm³/mol. The smallest absolute Gasteiger partial charge is 0.234 e. The van der Waals surface area contributed by atoms with Gasteiger partial charge >= 0.3 is 0 Å². The molecule has 31 heavy (non-hydrogen) atoms. The summed E-state index contributed by atoms with van der Waals surface area (Å²) in [5.74, 6) is -2.37. The van der Waals surface area contributed by atoms with Crippen LogP contribution in [0.3, 0.4) is 0 Å². The lowest BCUT2D eigenvalue weighted by Crippen LogP contribution is -2.17. The number of benzene rings is 3. The average molecular weight is 439 g/mol. The fraction of sp³-hybridized carbons (Fsp3) is 0.0870. The van der Waals surface area contributed by atoms with Gasteiger partial charge in [-0.2, -0.15) is 0 Å². The van der Waals surface area contributed by atoms with Crippen LogP contribution in [0.4, 0.5) is 30.2 Å². The largest absolute Gasteiger partial charge is 0.323 e. The molecule has 1 amide bonds. The van der Waals surface area contributed by atoms with Crippen molar-refractivity contribution in [3.05, 3.63) is 89.7 Å². The summed E-state index contributed by atoms with van der Waals surface area (Å²) in [5.41, 5.74) is 2.70. The number of thioether (sulfide) groups is 1. The molecule has 0 saturated heterocycles. The van der Waals surface area contributed by atoms with Crippen LogP contribution < -0.4 is 5.32 Å². The van der Waals surface area contributed by atoms with Crippen molar-refractivity contribution >= 4 is 45.5 Å². The van der Waals surface area contributed by atoms with E-state index in [1.807, 2.05) is 24.3 Å². The second-order valence-corrected chi connectivity index (χ2v) is 7.75. The maximum Gasteiger partial charge on any atom is 0.234 e. The summed E-state index contributed by atoms with van der Waals surface area (Å²) in [4.78, 5) is 21.6. The lowest BCUT2D eigenvalue weighted by molar-refractivity contribution is -0.113. The lowest BCUT2D eigenvalue weighted by atomic mass is 10.1. The molecule has 156 valence electrons. The number of hydrogen-bond donors (Lipinski definition) is 1. The van der Waals surface area contributed by atoms with Gasteiger partial charge < -0.3 is 5.32 Å². The van der Waals surface area contributed by atoms with Crippen molar-refractivity contribution in [1.29, 1.82) is 0 Å². The van der Waals surface area contributed by atoms with Crippen molar-refractivity contribution in [3.63, 3.8) is 0 Å². The summed E-state index contributed by atoms with van der Waals surface area (Å²) in [6.45, 7) is 0. The normalized spacial score (nSPS) is 13.0. The number of para-hydroxylation sites is 2. The van der Waals surface area contributed by atoms with Gasteiger partial charge in [0.15, 0.2) is 0 Å². The molecule has 1 aliphatic heterocycles. The Labute approximate surface area is 180 Å². The summed E-state index contributed by atoms with van der Waals surface area (Å²) in [6, 6.07) is 16.3. The van der Waals surface area contributed by atoms with E-state index in [1.165, 1.54) is 30.0 Å². The molecule has 3 aromatic rings. The van der Waals surface area contributed by atoms with Gasteiger partial charge in [-0.05, 0) is 42.0 Å². The van der Waals surface area contributed by atoms with Crippen molar-refractivity contribution in [1.82, 2.24) is 0 Å². The molecule has 4 nitrogen and oxygen atoms in total. The van der Waals surface area contributed by atoms with E-state index in [2.05, 4.69) is 15.3 Å². The van der Waals surface area contributed by atoms with Crippen LogP contribution >= 0.6 is 11.8 Å². The fourth-order valence-corrected chi connectivity index (χ4v) is 3.75. The van der Waals surface area contributed by atoms with Crippen molar-refractivity contribution < 1.29 is 18.0 Å². The number of hydrogen-bond acceptors (Lipinski definition) is 4. The van der Waals surface area contributed by atoms with Gasteiger partial charge in [0.2, 0.25) is 5.91 Å². The monoisotopic (exact) mass is 439 g/mol. The van der Waals surface area contributed by atoms with Crippen molar-refractivity contribution in [3.8, 4) is 0 Å². The zero-order valence-corrected chi connectivity index (χ0v) is 16.9. The minimum absolute atomic E-state index is 0.0193. The third kappa shape index (κ3) is 5.21. The van der Waals surface area contributed by atoms with E-state index >= 15 is 0 Å². The minimum atomic E-state index is -0.843. The van der Waals surface area contributed by atoms with E-state index in [0.717, 1.165) is 11.6 Å². The molecule has 0 saturated carbocycles. The van der Waals surface area contributed by atoms with Gasteiger partial charge in [-0.3, -0.25) is 9.79 Å². The molecule has 0 aromatic heterocycles. The van der Waals surface area contributed by atoms with Crippen LogP contribution in [0.5, 0.6) is 0 Å². The number of nitrogens with zero attached hydrogens (tertiary/aromatic N) is 2. The molecule has 4 rings (SSSR count). The zero-order chi connectivity index (χ0) is 21.8. The summed E-state index contributed by atoms with van der Waals surface area (Å²) in [5, 5.41) is 3.07. The highest BCUT2D eigenvalue weighted by molar-refractivity contribution is 8.14. The number of halogens is 3. The number of carbonyl (C=O) groups excluding carboxylic acids is 1. The van der Waals surface area contributed by atoms with E-state index < -0.39 is 17.5 Å². The van der Waals surface area contributed by atoms with Gasteiger partial charge in [0.25, 0.3) is 0 Å². The molecule has 1 heterocycles. The van der Waals surface area contributed by atoms with Gasteiger partial charge in [-0.1, -0.05) is 24.3 Å². The number of aliphatic imine (C=N–C) groups is 2. The summed E-state index contributed by atoms with van der Waals surface area (Å²) < 4.78 is 40.1. The number of carbonyl (C=O) groups is 1. The van der Waals surface area contributed by atoms with Crippen LogP contribution in [0.15, 0.2) is 76.7 Å². The van der Waals surface area contributed by atoms with Gasteiger partial charge in [0.1, 0.15) is 17.5 Å². The Balaban J connectivity index is 1.52.